The maximum Gasteiger partial charge on any atom is 0.338 e. The molecule has 0 atom stereocenters. The fraction of sp³-hybridized carbons (Fsp3) is 0. The van der Waals surface area contributed by atoms with Gasteiger partial charge in [-0.15, -0.1) is 0 Å². The lowest BCUT2D eigenvalue weighted by Crippen LogP contribution is -2.12. The lowest BCUT2D eigenvalue weighted by molar-refractivity contribution is 0.0652. The summed E-state index contributed by atoms with van der Waals surface area (Å²) in [5, 5.41) is 17.4. The molecule has 0 aliphatic rings. The first-order valence-electron chi connectivity index (χ1n) is 3.59. The van der Waals surface area contributed by atoms with Gasteiger partial charge in [-0.25, -0.2) is 9.59 Å². The van der Waals surface area contributed by atoms with Crippen molar-refractivity contribution in [3.05, 3.63) is 23.3 Å². The molecule has 0 saturated carbocycles. The second-order valence-electron chi connectivity index (χ2n) is 2.60. The zero-order valence-electron chi connectivity index (χ0n) is 7.02. The maximum atomic E-state index is 10.7. The van der Waals surface area contributed by atoms with Gasteiger partial charge < -0.3 is 21.7 Å². The quantitative estimate of drug-likeness (QED) is 0.502. The molecule has 6 N–H and O–H groups in total. The molecule has 0 spiro atoms. The Labute approximate surface area is 78.8 Å². The molecular weight excluding hydrogens is 188 g/mol. The number of carbonyl (C=O) groups is 2. The number of anilines is 2. The number of aromatic carboxylic acids is 2. The summed E-state index contributed by atoms with van der Waals surface area (Å²) in [6.07, 6.45) is 0. The van der Waals surface area contributed by atoms with Gasteiger partial charge in [0.25, 0.3) is 0 Å². The van der Waals surface area contributed by atoms with E-state index >= 15 is 0 Å². The molecule has 1 aromatic carbocycles. The molecule has 14 heavy (non-hydrogen) atoms. The second-order valence-corrected chi connectivity index (χ2v) is 2.60. The Morgan fingerprint density at radius 2 is 1.64 bits per heavy atom. The zero-order chi connectivity index (χ0) is 10.9. The van der Waals surface area contributed by atoms with E-state index in [0.29, 0.717) is 0 Å². The molecule has 0 unspecified atom stereocenters. The summed E-state index contributed by atoms with van der Waals surface area (Å²) in [4.78, 5) is 21.3. The van der Waals surface area contributed by atoms with Crippen LogP contribution in [-0.2, 0) is 0 Å². The Morgan fingerprint density at radius 1 is 1.07 bits per heavy atom. The largest absolute Gasteiger partial charge is 0.478 e. The van der Waals surface area contributed by atoms with E-state index in [-0.39, 0.29) is 16.9 Å². The first-order valence-corrected chi connectivity index (χ1v) is 3.59. The van der Waals surface area contributed by atoms with Gasteiger partial charge in [0.1, 0.15) is 0 Å². The van der Waals surface area contributed by atoms with Crippen molar-refractivity contribution in [2.24, 2.45) is 0 Å². The van der Waals surface area contributed by atoms with Crippen LogP contribution in [0, 0.1) is 0 Å². The summed E-state index contributed by atoms with van der Waals surface area (Å²) in [5.74, 6) is -2.76. The number of carboxylic acids is 2. The van der Waals surface area contributed by atoms with Crippen molar-refractivity contribution < 1.29 is 19.8 Å². The molecule has 0 aliphatic carbocycles. The van der Waals surface area contributed by atoms with E-state index in [2.05, 4.69) is 0 Å². The smallest absolute Gasteiger partial charge is 0.338 e. The SMILES string of the molecule is Nc1ccc(C(=O)O)c(C(=O)O)c1N. The number of nitrogen functional groups attached to an aromatic ring is 2. The molecule has 1 rings (SSSR count). The number of carboxylic acid groups (broad SMARTS) is 2. The summed E-state index contributed by atoms with van der Waals surface area (Å²) < 4.78 is 0. The average molecular weight is 196 g/mol. The van der Waals surface area contributed by atoms with Crippen molar-refractivity contribution in [3.63, 3.8) is 0 Å². The molecule has 0 saturated heterocycles. The van der Waals surface area contributed by atoms with Crippen molar-refractivity contribution in [2.75, 3.05) is 11.5 Å². The number of hydrogen-bond donors (Lipinski definition) is 4. The van der Waals surface area contributed by atoms with Gasteiger partial charge >= 0.3 is 11.9 Å². The van der Waals surface area contributed by atoms with Crippen LogP contribution in [-0.4, -0.2) is 22.2 Å². The van der Waals surface area contributed by atoms with Gasteiger partial charge in [-0.3, -0.25) is 0 Å². The summed E-state index contributed by atoms with van der Waals surface area (Å²) in [7, 11) is 0. The molecule has 0 aliphatic heterocycles. The van der Waals surface area contributed by atoms with E-state index in [1.54, 1.807) is 0 Å². The van der Waals surface area contributed by atoms with E-state index in [1.807, 2.05) is 0 Å². The van der Waals surface area contributed by atoms with E-state index in [4.69, 9.17) is 21.7 Å². The predicted molar refractivity (Wildman–Crippen MR) is 49.2 cm³/mol. The molecule has 0 bridgehead atoms. The molecule has 0 aromatic heterocycles. The van der Waals surface area contributed by atoms with Gasteiger partial charge in [0, 0.05) is 0 Å². The normalized spacial score (nSPS) is 9.71. The van der Waals surface area contributed by atoms with Crippen LogP contribution < -0.4 is 11.5 Å². The third kappa shape index (κ3) is 1.45. The highest BCUT2D eigenvalue weighted by atomic mass is 16.4. The Hall–Kier alpha value is -2.24. The molecule has 0 heterocycles. The van der Waals surface area contributed by atoms with E-state index < -0.39 is 17.5 Å². The van der Waals surface area contributed by atoms with Crippen molar-refractivity contribution in [2.45, 2.75) is 0 Å². The van der Waals surface area contributed by atoms with E-state index in [9.17, 15) is 9.59 Å². The third-order valence-corrected chi connectivity index (χ3v) is 1.72. The third-order valence-electron chi connectivity index (χ3n) is 1.72. The van der Waals surface area contributed by atoms with Crippen LogP contribution in [0.1, 0.15) is 20.7 Å². The molecule has 6 heteroatoms. The highest BCUT2D eigenvalue weighted by molar-refractivity contribution is 6.07. The van der Waals surface area contributed by atoms with Gasteiger partial charge in [0.15, 0.2) is 0 Å². The zero-order valence-corrected chi connectivity index (χ0v) is 7.02. The Balaban J connectivity index is 3.53. The minimum Gasteiger partial charge on any atom is -0.478 e. The Bertz CT molecular complexity index is 414. The highest BCUT2D eigenvalue weighted by Crippen LogP contribution is 2.23. The van der Waals surface area contributed by atoms with Gasteiger partial charge in [0.2, 0.25) is 0 Å². The molecular formula is C8H8N2O4. The fourth-order valence-electron chi connectivity index (χ4n) is 1.04. The number of benzene rings is 1. The fourth-order valence-corrected chi connectivity index (χ4v) is 1.04. The van der Waals surface area contributed by atoms with Crippen molar-refractivity contribution >= 4 is 23.3 Å². The van der Waals surface area contributed by atoms with Gasteiger partial charge in [-0.2, -0.15) is 0 Å². The predicted octanol–water partition coefficient (Wildman–Crippen LogP) is 0.247. The topological polar surface area (TPSA) is 127 Å². The summed E-state index contributed by atoms with van der Waals surface area (Å²) in [6.45, 7) is 0. The minimum absolute atomic E-state index is 0.0485. The summed E-state index contributed by atoms with van der Waals surface area (Å²) in [5.41, 5.74) is 9.68. The number of nitrogens with two attached hydrogens (primary N) is 2. The Kier molecular flexibility index (Phi) is 2.29. The van der Waals surface area contributed by atoms with Crippen LogP contribution in [0.5, 0.6) is 0 Å². The lowest BCUT2D eigenvalue weighted by Gasteiger charge is -2.07. The van der Waals surface area contributed by atoms with Crippen LogP contribution in [0.2, 0.25) is 0 Å². The average Bonchev–Trinajstić information content (AvgIpc) is 2.08. The second kappa shape index (κ2) is 3.25. The summed E-state index contributed by atoms with van der Waals surface area (Å²) >= 11 is 0. The van der Waals surface area contributed by atoms with E-state index in [1.165, 1.54) is 6.07 Å². The number of hydrogen-bond acceptors (Lipinski definition) is 4. The van der Waals surface area contributed by atoms with Gasteiger partial charge in [-0.05, 0) is 12.1 Å². The van der Waals surface area contributed by atoms with Crippen LogP contribution in [0.4, 0.5) is 11.4 Å². The molecule has 1 aromatic rings. The standard InChI is InChI=1S/C8H8N2O4/c9-4-2-1-3(7(11)12)5(6(4)10)8(13)14/h1-2H,9-10H2,(H,11,12)(H,13,14). The van der Waals surface area contributed by atoms with Gasteiger partial charge in [0.05, 0.1) is 22.5 Å². The molecule has 0 amide bonds. The molecule has 74 valence electrons. The first kappa shape index (κ1) is 9.85. The lowest BCUT2D eigenvalue weighted by atomic mass is 10.0. The van der Waals surface area contributed by atoms with E-state index in [0.717, 1.165) is 6.07 Å². The molecule has 0 fully saturated rings. The molecule has 6 nitrogen and oxygen atoms in total. The van der Waals surface area contributed by atoms with Crippen LogP contribution in [0.25, 0.3) is 0 Å². The van der Waals surface area contributed by atoms with Crippen LogP contribution in [0.3, 0.4) is 0 Å². The first-order chi connectivity index (χ1) is 6.45. The van der Waals surface area contributed by atoms with Crippen molar-refractivity contribution in [1.82, 2.24) is 0 Å². The summed E-state index contributed by atoms with van der Waals surface area (Å²) in [6, 6.07) is 2.36. The molecule has 0 radical (unpaired) electrons. The number of rotatable bonds is 2. The maximum absolute atomic E-state index is 10.7. The Morgan fingerprint density at radius 3 is 2.07 bits per heavy atom. The monoisotopic (exact) mass is 196 g/mol. The highest BCUT2D eigenvalue weighted by Gasteiger charge is 2.20. The van der Waals surface area contributed by atoms with Crippen LogP contribution in [0.15, 0.2) is 12.1 Å². The van der Waals surface area contributed by atoms with Crippen molar-refractivity contribution in [1.29, 1.82) is 0 Å². The minimum atomic E-state index is -1.41. The van der Waals surface area contributed by atoms with Crippen LogP contribution >= 0.6 is 0 Å². The van der Waals surface area contributed by atoms with Gasteiger partial charge in [-0.1, -0.05) is 0 Å². The van der Waals surface area contributed by atoms with Crippen molar-refractivity contribution in [3.8, 4) is 0 Å².